The first-order valence-electron chi connectivity index (χ1n) is 9.72. The molecule has 3 rings (SSSR count). The Morgan fingerprint density at radius 1 is 1.30 bits per heavy atom. The number of esters is 1. The molecular formula is C23H19BrClN3O4S. The van der Waals surface area contributed by atoms with E-state index in [2.05, 4.69) is 32.6 Å². The van der Waals surface area contributed by atoms with E-state index < -0.39 is 23.7 Å². The zero-order valence-corrected chi connectivity index (χ0v) is 20.8. The fourth-order valence-corrected chi connectivity index (χ4v) is 4.83. The first-order chi connectivity index (χ1) is 15.7. The summed E-state index contributed by atoms with van der Waals surface area (Å²) < 4.78 is 5.56. The lowest BCUT2D eigenvalue weighted by Gasteiger charge is -2.31. The van der Waals surface area contributed by atoms with Crippen molar-refractivity contribution in [2.45, 2.75) is 12.8 Å². The van der Waals surface area contributed by atoms with E-state index in [9.17, 15) is 19.6 Å². The second-order valence-electron chi connectivity index (χ2n) is 7.18. The van der Waals surface area contributed by atoms with Crippen LogP contribution in [-0.2, 0) is 19.1 Å². The molecule has 0 bridgehead atoms. The van der Waals surface area contributed by atoms with Crippen LogP contribution in [0.3, 0.4) is 0 Å². The number of methoxy groups -OCH3 is 1. The highest BCUT2D eigenvalue weighted by Crippen LogP contribution is 2.40. The molecule has 0 unspecified atom stereocenters. The van der Waals surface area contributed by atoms with Crippen LogP contribution in [0.2, 0.25) is 5.02 Å². The Balaban J connectivity index is 1.88. The van der Waals surface area contributed by atoms with Gasteiger partial charge in [0, 0.05) is 21.1 Å². The van der Waals surface area contributed by atoms with Gasteiger partial charge in [0.25, 0.3) is 0 Å². The number of benzene rings is 2. The molecule has 0 saturated heterocycles. The van der Waals surface area contributed by atoms with Gasteiger partial charge >= 0.3 is 5.97 Å². The van der Waals surface area contributed by atoms with Crippen LogP contribution < -0.4 is 10.6 Å². The zero-order chi connectivity index (χ0) is 24.1. The molecule has 0 radical (unpaired) electrons. The van der Waals surface area contributed by atoms with Crippen LogP contribution in [0.5, 0.6) is 0 Å². The highest BCUT2D eigenvalue weighted by Gasteiger charge is 2.44. The van der Waals surface area contributed by atoms with Crippen LogP contribution in [0.15, 0.2) is 57.5 Å². The summed E-state index contributed by atoms with van der Waals surface area (Å²) in [5, 5.41) is 16.0. The molecule has 1 aliphatic rings. The molecule has 2 N–H and O–H groups in total. The molecule has 1 aliphatic heterocycles. The molecule has 2 aromatic rings. The Hall–Kier alpha value is -2.80. The van der Waals surface area contributed by atoms with Gasteiger partial charge in [-0.3, -0.25) is 14.4 Å². The summed E-state index contributed by atoms with van der Waals surface area (Å²) in [6.45, 7) is 1.86. The number of aryl methyl sites for hydroxylation is 1. The quantitative estimate of drug-likeness (QED) is 0.406. The van der Waals surface area contributed by atoms with Crippen molar-refractivity contribution in [2.75, 3.05) is 18.2 Å². The number of ether oxygens (including phenoxy) is 1. The largest absolute Gasteiger partial charge is 0.468 e. The highest BCUT2D eigenvalue weighted by molar-refractivity contribution is 9.10. The molecule has 33 heavy (non-hydrogen) atoms. The maximum absolute atomic E-state index is 12.8. The predicted molar refractivity (Wildman–Crippen MR) is 130 cm³/mol. The van der Waals surface area contributed by atoms with E-state index in [0.29, 0.717) is 16.3 Å². The minimum atomic E-state index is -1.23. The Labute approximate surface area is 208 Å². The molecule has 1 heterocycles. The maximum Gasteiger partial charge on any atom is 0.319 e. The average molecular weight is 549 g/mol. The van der Waals surface area contributed by atoms with Crippen molar-refractivity contribution >= 4 is 62.8 Å². The number of nitriles is 1. The van der Waals surface area contributed by atoms with E-state index >= 15 is 0 Å². The first-order valence-corrected chi connectivity index (χ1v) is 11.9. The average Bonchev–Trinajstić information content (AvgIpc) is 2.79. The van der Waals surface area contributed by atoms with E-state index in [4.69, 9.17) is 16.3 Å². The van der Waals surface area contributed by atoms with Gasteiger partial charge in [0.05, 0.1) is 29.5 Å². The number of halogens is 2. The number of carbonyl (C=O) groups excluding carboxylic acids is 3. The molecule has 2 atom stereocenters. The van der Waals surface area contributed by atoms with Gasteiger partial charge in [-0.25, -0.2) is 0 Å². The summed E-state index contributed by atoms with van der Waals surface area (Å²) in [7, 11) is 1.19. The SMILES string of the molecule is COC(=O)[C@@H]1C(=O)NC(SCC(=O)Nc2ccc(C)c(Cl)c2)=C(C#N)[C@H]1c1cccc(Br)c1. The molecule has 0 saturated carbocycles. The topological polar surface area (TPSA) is 108 Å². The third-order valence-corrected chi connectivity index (χ3v) is 6.91. The van der Waals surface area contributed by atoms with Crippen molar-refractivity contribution in [3.05, 3.63) is 73.7 Å². The lowest BCUT2D eigenvalue weighted by Crippen LogP contribution is -2.44. The second kappa shape index (κ2) is 10.9. The summed E-state index contributed by atoms with van der Waals surface area (Å²) in [5.41, 5.74) is 2.20. The van der Waals surface area contributed by atoms with Gasteiger partial charge in [-0.1, -0.05) is 57.5 Å². The van der Waals surface area contributed by atoms with Gasteiger partial charge in [0.1, 0.15) is 5.92 Å². The lowest BCUT2D eigenvalue weighted by molar-refractivity contribution is -0.150. The second-order valence-corrected chi connectivity index (χ2v) is 9.49. The highest BCUT2D eigenvalue weighted by atomic mass is 79.9. The van der Waals surface area contributed by atoms with Crippen LogP contribution in [0.1, 0.15) is 17.0 Å². The van der Waals surface area contributed by atoms with Crippen molar-refractivity contribution in [3.63, 3.8) is 0 Å². The molecule has 10 heteroatoms. The van der Waals surface area contributed by atoms with Crippen molar-refractivity contribution in [1.29, 1.82) is 5.26 Å². The van der Waals surface area contributed by atoms with Gasteiger partial charge in [0.2, 0.25) is 11.8 Å². The third-order valence-electron chi connectivity index (χ3n) is 4.99. The Morgan fingerprint density at radius 3 is 2.70 bits per heavy atom. The van der Waals surface area contributed by atoms with Crippen molar-refractivity contribution < 1.29 is 19.1 Å². The van der Waals surface area contributed by atoms with Crippen LogP contribution >= 0.6 is 39.3 Å². The van der Waals surface area contributed by atoms with Gasteiger partial charge in [0.15, 0.2) is 0 Å². The van der Waals surface area contributed by atoms with Crippen molar-refractivity contribution in [1.82, 2.24) is 5.32 Å². The monoisotopic (exact) mass is 547 g/mol. The number of anilines is 1. The zero-order valence-electron chi connectivity index (χ0n) is 17.6. The number of hydrogen-bond donors (Lipinski definition) is 2. The van der Waals surface area contributed by atoms with E-state index in [1.807, 2.05) is 6.92 Å². The Morgan fingerprint density at radius 2 is 2.06 bits per heavy atom. The van der Waals surface area contributed by atoms with Crippen molar-refractivity contribution in [3.8, 4) is 6.07 Å². The smallest absolute Gasteiger partial charge is 0.319 e. The number of nitrogens with zero attached hydrogens (tertiary/aromatic N) is 1. The number of allylic oxidation sites excluding steroid dienone is 1. The number of thioether (sulfide) groups is 1. The summed E-state index contributed by atoms with van der Waals surface area (Å²) in [5.74, 6) is -3.84. The number of nitrogens with one attached hydrogen (secondary N) is 2. The summed E-state index contributed by atoms with van der Waals surface area (Å²) >= 11 is 10.5. The first kappa shape index (κ1) is 24.8. The summed E-state index contributed by atoms with van der Waals surface area (Å²) in [4.78, 5) is 37.7. The van der Waals surface area contributed by atoms with E-state index in [1.165, 1.54) is 7.11 Å². The molecule has 0 aromatic heterocycles. The Kier molecular flexibility index (Phi) is 8.19. The number of amides is 2. The van der Waals surface area contributed by atoms with Crippen LogP contribution in [0, 0.1) is 24.2 Å². The Bertz CT molecular complexity index is 1190. The molecule has 0 fully saturated rings. The number of rotatable bonds is 6. The standard InChI is InChI=1S/C23H19BrClN3O4S/c1-12-6-7-15(9-17(12)25)27-18(29)11-33-22-16(10-26)19(13-4-3-5-14(24)8-13)20(21(30)28-22)23(31)32-2/h3-9,19-20H,11H2,1-2H3,(H,27,29)(H,28,30)/t19-,20+/m1/s1. The lowest BCUT2D eigenvalue weighted by atomic mass is 9.78. The number of hydrogen-bond acceptors (Lipinski definition) is 6. The molecule has 7 nitrogen and oxygen atoms in total. The maximum atomic E-state index is 12.8. The van der Waals surface area contributed by atoms with Gasteiger partial charge in [-0.05, 0) is 42.3 Å². The molecule has 0 spiro atoms. The van der Waals surface area contributed by atoms with Gasteiger partial charge < -0.3 is 15.4 Å². The van der Waals surface area contributed by atoms with Crippen LogP contribution in [0.25, 0.3) is 0 Å². The molecule has 0 aliphatic carbocycles. The van der Waals surface area contributed by atoms with E-state index in [-0.39, 0.29) is 22.3 Å². The number of carbonyl (C=O) groups is 3. The fourth-order valence-electron chi connectivity index (χ4n) is 3.39. The predicted octanol–water partition coefficient (Wildman–Crippen LogP) is 4.52. The molecule has 2 amide bonds. The molecule has 2 aromatic carbocycles. The molecule has 170 valence electrons. The van der Waals surface area contributed by atoms with E-state index in [0.717, 1.165) is 21.8 Å². The third kappa shape index (κ3) is 5.77. The van der Waals surface area contributed by atoms with E-state index in [1.54, 1.807) is 42.5 Å². The summed E-state index contributed by atoms with van der Waals surface area (Å²) in [6.07, 6.45) is 0. The van der Waals surface area contributed by atoms with Gasteiger partial charge in [-0.15, -0.1) is 0 Å². The fraction of sp³-hybridized carbons (Fsp3) is 0.217. The minimum absolute atomic E-state index is 0.0691. The van der Waals surface area contributed by atoms with Crippen LogP contribution in [-0.4, -0.2) is 30.6 Å². The van der Waals surface area contributed by atoms with Crippen LogP contribution in [0.4, 0.5) is 5.69 Å². The molecular weight excluding hydrogens is 530 g/mol. The van der Waals surface area contributed by atoms with Gasteiger partial charge in [-0.2, -0.15) is 5.26 Å². The summed E-state index contributed by atoms with van der Waals surface area (Å²) in [6, 6.07) is 14.3. The normalized spacial score (nSPS) is 17.7. The van der Waals surface area contributed by atoms with Crippen molar-refractivity contribution in [2.24, 2.45) is 5.92 Å². The minimum Gasteiger partial charge on any atom is -0.468 e.